The van der Waals surface area contributed by atoms with Gasteiger partial charge in [0.25, 0.3) is 11.6 Å². The van der Waals surface area contributed by atoms with Gasteiger partial charge in [-0.05, 0) is 41.6 Å². The second-order valence-electron chi connectivity index (χ2n) is 14.5. The molecule has 0 aromatic carbocycles. The molecule has 2 aliphatic heterocycles. The molecule has 0 aromatic heterocycles. The number of carbonyl (C=O) groups excluding carboxylic acids is 6. The predicted molar refractivity (Wildman–Crippen MR) is 176 cm³/mol. The van der Waals surface area contributed by atoms with Gasteiger partial charge in [0.05, 0.1) is 11.1 Å². The van der Waals surface area contributed by atoms with Gasteiger partial charge in [-0.25, -0.2) is 19.2 Å². The number of Topliss-reactive ketones (excluding diaryl/α,β-unsaturated/α-hetero) is 2. The third-order valence-corrected chi connectivity index (χ3v) is 8.99. The largest absolute Gasteiger partial charge is 0.512 e. The molecule has 3 aliphatic carbocycles. The van der Waals surface area contributed by atoms with E-state index in [1.807, 2.05) is 27.7 Å². The maximum atomic E-state index is 12.8. The highest BCUT2D eigenvalue weighted by Crippen LogP contribution is 2.45. The van der Waals surface area contributed by atoms with Crippen LogP contribution < -0.4 is 0 Å². The molecule has 3 fully saturated rings. The summed E-state index contributed by atoms with van der Waals surface area (Å²) in [6.07, 6.45) is 15.4. The third-order valence-electron chi connectivity index (χ3n) is 8.99. The van der Waals surface area contributed by atoms with E-state index in [1.54, 1.807) is 18.2 Å². The highest BCUT2D eigenvalue weighted by Gasteiger charge is 2.56. The van der Waals surface area contributed by atoms with E-state index in [0.717, 1.165) is 0 Å². The number of rotatable bonds is 6. The quantitative estimate of drug-likeness (QED) is 0.152. The minimum absolute atomic E-state index is 0.0136. The van der Waals surface area contributed by atoms with Crippen LogP contribution in [0.3, 0.4) is 0 Å². The fourth-order valence-corrected chi connectivity index (χ4v) is 6.45. The molecule has 2 spiro atoms. The van der Waals surface area contributed by atoms with Crippen molar-refractivity contribution < 1.29 is 57.9 Å². The Hall–Kier alpha value is -5.26. The van der Waals surface area contributed by atoms with Crippen LogP contribution in [0.4, 0.5) is 0 Å². The summed E-state index contributed by atoms with van der Waals surface area (Å²) in [6.45, 7) is 7.51. The molecule has 0 amide bonds. The molecule has 12 heteroatoms. The maximum Gasteiger partial charge on any atom is 0.348 e. The number of carbonyl (C=O) groups is 6. The highest BCUT2D eigenvalue weighted by atomic mass is 16.8. The van der Waals surface area contributed by atoms with E-state index in [4.69, 9.17) is 18.9 Å². The van der Waals surface area contributed by atoms with Gasteiger partial charge in [0.2, 0.25) is 0 Å². The Labute approximate surface area is 289 Å². The van der Waals surface area contributed by atoms with Crippen molar-refractivity contribution in [2.24, 2.45) is 10.8 Å². The van der Waals surface area contributed by atoms with Gasteiger partial charge >= 0.3 is 23.9 Å². The van der Waals surface area contributed by atoms with Crippen LogP contribution in [0.5, 0.6) is 0 Å². The van der Waals surface area contributed by atoms with Crippen molar-refractivity contribution in [1.29, 1.82) is 0 Å². The van der Waals surface area contributed by atoms with Crippen molar-refractivity contribution in [3.8, 4) is 0 Å². The SMILES string of the molecule is CC1(C)C=C(O)C(=CCC=CC=C2C(=O)OC3(CCC4(CC3)OC(=O)C(=CC=CC=CC3=C(O)CC(C)(C)CC3=O)C(=O)O4)OC2=O)C(=O)C1. The Morgan fingerprint density at radius 1 is 0.640 bits per heavy atom. The second kappa shape index (κ2) is 13.6. The first-order valence-corrected chi connectivity index (χ1v) is 16.4. The van der Waals surface area contributed by atoms with Crippen molar-refractivity contribution in [1.82, 2.24) is 0 Å². The summed E-state index contributed by atoms with van der Waals surface area (Å²) in [4.78, 5) is 75.9. The van der Waals surface area contributed by atoms with Crippen LogP contribution in [-0.2, 0) is 47.7 Å². The van der Waals surface area contributed by atoms with Gasteiger partial charge in [-0.15, -0.1) is 0 Å². The third kappa shape index (κ3) is 7.96. The van der Waals surface area contributed by atoms with Crippen molar-refractivity contribution in [3.05, 3.63) is 94.6 Å². The first-order valence-electron chi connectivity index (χ1n) is 16.4. The summed E-state index contributed by atoms with van der Waals surface area (Å²) >= 11 is 0. The first-order chi connectivity index (χ1) is 23.4. The summed E-state index contributed by atoms with van der Waals surface area (Å²) in [5, 5.41) is 20.4. The zero-order valence-electron chi connectivity index (χ0n) is 28.4. The van der Waals surface area contributed by atoms with E-state index in [1.165, 1.54) is 42.5 Å². The summed E-state index contributed by atoms with van der Waals surface area (Å²) < 4.78 is 22.1. The number of aliphatic hydroxyl groups excluding tert-OH is 2. The average molecular weight is 689 g/mol. The molecule has 2 N–H and O–H groups in total. The first kappa shape index (κ1) is 36.0. The summed E-state index contributed by atoms with van der Waals surface area (Å²) in [6, 6.07) is 0. The van der Waals surface area contributed by atoms with Gasteiger partial charge in [-0.2, -0.15) is 0 Å². The molecule has 12 nitrogen and oxygen atoms in total. The van der Waals surface area contributed by atoms with E-state index in [2.05, 4.69) is 0 Å². The molecular weight excluding hydrogens is 648 g/mol. The van der Waals surface area contributed by atoms with Crippen LogP contribution in [0, 0.1) is 10.8 Å². The Bertz CT molecular complexity index is 1730. The summed E-state index contributed by atoms with van der Waals surface area (Å²) in [5.41, 5.74) is -0.998. The summed E-state index contributed by atoms with van der Waals surface area (Å²) in [7, 11) is 0. The lowest BCUT2D eigenvalue weighted by atomic mass is 9.76. The standard InChI is InChI=1S/C38H40O12/c1-35(2)19-27(39)23(28(40)20-35)11-7-5-9-13-25-31(43)47-37(48-32(25)44)15-17-38(18-16-37)49-33(45)26(34(46)50-38)14-10-6-8-12-24-29(41)21-36(3,4)22-30(24)42/h5-7,9-14,21,39,41H,8,15-20,22H2,1-4H3. The molecule has 0 atom stereocenters. The van der Waals surface area contributed by atoms with E-state index in [0.29, 0.717) is 12.8 Å². The van der Waals surface area contributed by atoms with Gasteiger partial charge in [-0.3, -0.25) is 9.59 Å². The molecule has 1 saturated carbocycles. The minimum Gasteiger partial charge on any atom is -0.512 e. The zero-order chi connectivity index (χ0) is 36.5. The number of hydrogen-bond donors (Lipinski definition) is 2. The Morgan fingerprint density at radius 3 is 1.66 bits per heavy atom. The normalized spacial score (nSPS) is 29.2. The monoisotopic (exact) mass is 688 g/mol. The Balaban J connectivity index is 1.14. The van der Waals surface area contributed by atoms with Crippen molar-refractivity contribution in [3.63, 3.8) is 0 Å². The molecule has 0 aromatic rings. The van der Waals surface area contributed by atoms with Crippen LogP contribution in [0.2, 0.25) is 0 Å². The molecule has 2 heterocycles. The van der Waals surface area contributed by atoms with Crippen molar-refractivity contribution in [2.45, 2.75) is 90.6 Å². The predicted octanol–water partition coefficient (Wildman–Crippen LogP) is 5.63. The zero-order valence-corrected chi connectivity index (χ0v) is 28.4. The van der Waals surface area contributed by atoms with E-state index < -0.39 is 40.9 Å². The van der Waals surface area contributed by atoms with Gasteiger partial charge < -0.3 is 29.2 Å². The number of hydrogen-bond acceptors (Lipinski definition) is 12. The molecule has 5 aliphatic rings. The maximum absolute atomic E-state index is 12.8. The molecule has 5 rings (SSSR count). The molecule has 0 bridgehead atoms. The van der Waals surface area contributed by atoms with E-state index in [9.17, 15) is 39.0 Å². The molecule has 2 saturated heterocycles. The van der Waals surface area contributed by atoms with Crippen LogP contribution in [0.15, 0.2) is 94.6 Å². The topological polar surface area (TPSA) is 180 Å². The average Bonchev–Trinajstić information content (AvgIpc) is 2.98. The fraction of sp³-hybridized carbons (Fsp3) is 0.421. The fourth-order valence-electron chi connectivity index (χ4n) is 6.45. The number of ketones is 2. The molecule has 0 radical (unpaired) electrons. The number of allylic oxidation sites excluding steroid dienone is 13. The van der Waals surface area contributed by atoms with Crippen LogP contribution in [0.1, 0.15) is 79.1 Å². The van der Waals surface area contributed by atoms with Crippen molar-refractivity contribution >= 4 is 35.4 Å². The number of esters is 4. The molecule has 0 unspecified atom stereocenters. The Morgan fingerprint density at radius 2 is 1.16 bits per heavy atom. The molecule has 50 heavy (non-hydrogen) atoms. The van der Waals surface area contributed by atoms with E-state index in [-0.39, 0.29) is 89.3 Å². The van der Waals surface area contributed by atoms with Gasteiger partial charge in [0.15, 0.2) is 11.6 Å². The minimum atomic E-state index is -1.62. The molecular formula is C38H40O12. The van der Waals surface area contributed by atoms with Crippen LogP contribution in [-0.4, -0.2) is 57.2 Å². The lowest BCUT2D eigenvalue weighted by Gasteiger charge is -2.45. The van der Waals surface area contributed by atoms with Gasteiger partial charge in [0, 0.05) is 44.9 Å². The highest BCUT2D eigenvalue weighted by molar-refractivity contribution is 6.16. The summed E-state index contributed by atoms with van der Waals surface area (Å²) in [5.74, 6) is -7.29. The Kier molecular flexibility index (Phi) is 9.78. The van der Waals surface area contributed by atoms with Crippen LogP contribution >= 0.6 is 0 Å². The van der Waals surface area contributed by atoms with Gasteiger partial charge in [0.1, 0.15) is 22.7 Å². The lowest BCUT2D eigenvalue weighted by Crippen LogP contribution is -2.56. The number of aliphatic hydroxyl groups is 2. The second-order valence-corrected chi connectivity index (χ2v) is 14.5. The van der Waals surface area contributed by atoms with Crippen LogP contribution in [0.25, 0.3) is 0 Å². The van der Waals surface area contributed by atoms with Gasteiger partial charge in [-0.1, -0.05) is 64.2 Å². The lowest BCUT2D eigenvalue weighted by molar-refractivity contribution is -0.291. The number of ether oxygens (including phenoxy) is 4. The smallest absolute Gasteiger partial charge is 0.348 e. The van der Waals surface area contributed by atoms with Crippen molar-refractivity contribution in [2.75, 3.05) is 0 Å². The molecule has 264 valence electrons. The van der Waals surface area contributed by atoms with E-state index >= 15 is 0 Å².